The van der Waals surface area contributed by atoms with E-state index in [0.29, 0.717) is 12.3 Å². The van der Waals surface area contributed by atoms with Gasteiger partial charge in [-0.2, -0.15) is 0 Å². The summed E-state index contributed by atoms with van der Waals surface area (Å²) < 4.78 is 11.6. The molecule has 24 heavy (non-hydrogen) atoms. The molecule has 0 saturated heterocycles. The first kappa shape index (κ1) is 16.3. The maximum absolute atomic E-state index is 11.9. The van der Waals surface area contributed by atoms with E-state index in [2.05, 4.69) is 10.9 Å². The minimum Gasteiger partial charge on any atom is -0.483 e. The van der Waals surface area contributed by atoms with Crippen LogP contribution in [0.2, 0.25) is 0 Å². The number of fused-ring (bicyclic) bond motifs is 1. The highest BCUT2D eigenvalue weighted by Crippen LogP contribution is 2.41. The number of carbonyl (C=O) groups is 1. The van der Waals surface area contributed by atoms with E-state index in [1.165, 1.54) is 0 Å². The van der Waals surface area contributed by atoms with Gasteiger partial charge in [-0.05, 0) is 25.5 Å². The normalized spacial score (nSPS) is 14.6. The first-order valence-corrected chi connectivity index (χ1v) is 8.03. The lowest BCUT2D eigenvalue weighted by molar-refractivity contribution is -0.124. The van der Waals surface area contributed by atoms with Gasteiger partial charge in [0, 0.05) is 18.5 Å². The highest BCUT2D eigenvalue weighted by atomic mass is 16.5. The van der Waals surface area contributed by atoms with Crippen molar-refractivity contribution in [3.05, 3.63) is 59.7 Å². The van der Waals surface area contributed by atoms with Gasteiger partial charge in [0.05, 0.1) is 0 Å². The predicted octanol–water partition coefficient (Wildman–Crippen LogP) is 2.60. The Morgan fingerprint density at radius 1 is 1.17 bits per heavy atom. The van der Waals surface area contributed by atoms with Crippen molar-refractivity contribution in [3.8, 4) is 11.5 Å². The van der Waals surface area contributed by atoms with E-state index in [9.17, 15) is 4.79 Å². The first-order chi connectivity index (χ1) is 11.5. The second-order valence-corrected chi connectivity index (χ2v) is 6.46. The van der Waals surface area contributed by atoms with Crippen molar-refractivity contribution in [2.24, 2.45) is 0 Å². The van der Waals surface area contributed by atoms with E-state index >= 15 is 0 Å². The number of nitrogens with one attached hydrogen (secondary N) is 2. The maximum atomic E-state index is 11.9. The van der Waals surface area contributed by atoms with Crippen molar-refractivity contribution in [1.29, 1.82) is 0 Å². The number of hydrazine groups is 1. The zero-order valence-corrected chi connectivity index (χ0v) is 14.0. The Balaban J connectivity index is 1.48. The van der Waals surface area contributed by atoms with Crippen LogP contribution in [-0.4, -0.2) is 18.1 Å². The van der Waals surface area contributed by atoms with Crippen molar-refractivity contribution < 1.29 is 14.3 Å². The van der Waals surface area contributed by atoms with Crippen LogP contribution < -0.4 is 20.3 Å². The van der Waals surface area contributed by atoms with Crippen molar-refractivity contribution in [2.45, 2.75) is 32.4 Å². The average molecular weight is 326 g/mol. The predicted molar refractivity (Wildman–Crippen MR) is 91.8 cm³/mol. The lowest BCUT2D eigenvalue weighted by Gasteiger charge is -2.18. The van der Waals surface area contributed by atoms with Gasteiger partial charge in [0.1, 0.15) is 5.60 Å². The Morgan fingerprint density at radius 2 is 1.96 bits per heavy atom. The number of amides is 1. The molecular weight excluding hydrogens is 304 g/mol. The number of benzene rings is 2. The van der Waals surface area contributed by atoms with Crippen LogP contribution in [0.25, 0.3) is 0 Å². The van der Waals surface area contributed by atoms with Crippen LogP contribution in [0.3, 0.4) is 0 Å². The molecule has 1 aliphatic rings. The summed E-state index contributed by atoms with van der Waals surface area (Å²) in [4.78, 5) is 11.9. The molecule has 0 aliphatic carbocycles. The van der Waals surface area contributed by atoms with Crippen LogP contribution in [0.1, 0.15) is 25.0 Å². The summed E-state index contributed by atoms with van der Waals surface area (Å²) in [5.41, 5.74) is 7.49. The second kappa shape index (κ2) is 6.93. The minimum absolute atomic E-state index is 0.0674. The average Bonchev–Trinajstić information content (AvgIpc) is 2.88. The van der Waals surface area contributed by atoms with Crippen molar-refractivity contribution >= 4 is 5.91 Å². The van der Waals surface area contributed by atoms with Gasteiger partial charge in [0.2, 0.25) is 0 Å². The molecule has 2 N–H and O–H groups in total. The lowest BCUT2D eigenvalue weighted by atomic mass is 10.0. The van der Waals surface area contributed by atoms with Crippen LogP contribution in [0, 0.1) is 0 Å². The quantitative estimate of drug-likeness (QED) is 0.801. The molecule has 1 heterocycles. The molecule has 0 fully saturated rings. The Kier molecular flexibility index (Phi) is 4.71. The molecule has 126 valence electrons. The van der Waals surface area contributed by atoms with E-state index in [4.69, 9.17) is 9.47 Å². The fraction of sp³-hybridized carbons (Fsp3) is 0.316. The smallest absolute Gasteiger partial charge is 0.271 e. The molecular formula is C19H22N2O3. The Hall–Kier alpha value is -2.53. The topological polar surface area (TPSA) is 59.6 Å². The van der Waals surface area contributed by atoms with E-state index in [1.54, 1.807) is 0 Å². The summed E-state index contributed by atoms with van der Waals surface area (Å²) >= 11 is 0. The summed E-state index contributed by atoms with van der Waals surface area (Å²) in [6.45, 7) is 4.57. The summed E-state index contributed by atoms with van der Waals surface area (Å²) in [6, 6.07) is 15.6. The van der Waals surface area contributed by atoms with Crippen molar-refractivity contribution in [3.63, 3.8) is 0 Å². The second-order valence-electron chi connectivity index (χ2n) is 6.46. The van der Waals surface area contributed by atoms with Gasteiger partial charge in [-0.1, -0.05) is 42.5 Å². The largest absolute Gasteiger partial charge is 0.483 e. The van der Waals surface area contributed by atoms with E-state index in [1.807, 2.05) is 62.4 Å². The van der Waals surface area contributed by atoms with Crippen molar-refractivity contribution in [1.82, 2.24) is 10.9 Å². The van der Waals surface area contributed by atoms with Crippen LogP contribution in [0.15, 0.2) is 48.5 Å². The molecule has 0 spiro atoms. The van der Waals surface area contributed by atoms with Gasteiger partial charge < -0.3 is 9.47 Å². The SMILES string of the molecule is CC1(C)Cc2cccc(OCC(=O)NNCc3ccccc3)c2O1. The van der Waals surface area contributed by atoms with Gasteiger partial charge in [0.25, 0.3) is 5.91 Å². The highest BCUT2D eigenvalue weighted by Gasteiger charge is 2.32. The molecule has 0 bridgehead atoms. The van der Waals surface area contributed by atoms with Crippen LogP contribution in [0.4, 0.5) is 0 Å². The number of hydrogen-bond acceptors (Lipinski definition) is 4. The summed E-state index contributed by atoms with van der Waals surface area (Å²) in [5, 5.41) is 0. The molecule has 1 amide bonds. The number of carbonyl (C=O) groups excluding carboxylic acids is 1. The summed E-state index contributed by atoms with van der Waals surface area (Å²) in [5.74, 6) is 1.12. The molecule has 5 nitrogen and oxygen atoms in total. The Morgan fingerprint density at radius 3 is 2.75 bits per heavy atom. The molecule has 0 radical (unpaired) electrons. The summed E-state index contributed by atoms with van der Waals surface area (Å²) in [7, 11) is 0. The molecule has 3 rings (SSSR count). The van der Waals surface area contributed by atoms with Gasteiger partial charge in [-0.25, -0.2) is 5.43 Å². The number of hydrogen-bond donors (Lipinski definition) is 2. The van der Waals surface area contributed by atoms with Gasteiger partial charge in [-0.15, -0.1) is 0 Å². The molecule has 0 aromatic heterocycles. The van der Waals surface area contributed by atoms with E-state index < -0.39 is 0 Å². The third-order valence-electron chi connectivity index (χ3n) is 3.78. The molecule has 5 heteroatoms. The lowest BCUT2D eigenvalue weighted by Crippen LogP contribution is -2.39. The van der Waals surface area contributed by atoms with Crippen LogP contribution in [0.5, 0.6) is 11.5 Å². The Labute approximate surface area is 141 Å². The number of para-hydroxylation sites is 1. The highest BCUT2D eigenvalue weighted by molar-refractivity contribution is 5.77. The molecule has 0 saturated carbocycles. The first-order valence-electron chi connectivity index (χ1n) is 8.03. The third-order valence-corrected chi connectivity index (χ3v) is 3.78. The summed E-state index contributed by atoms with van der Waals surface area (Å²) in [6.07, 6.45) is 0.838. The zero-order valence-electron chi connectivity index (χ0n) is 14.0. The molecule has 0 atom stereocenters. The molecule has 2 aromatic rings. The van der Waals surface area contributed by atoms with Gasteiger partial charge >= 0.3 is 0 Å². The molecule has 2 aromatic carbocycles. The molecule has 0 unspecified atom stereocenters. The fourth-order valence-electron chi connectivity index (χ4n) is 2.72. The van der Waals surface area contributed by atoms with E-state index in [0.717, 1.165) is 23.3 Å². The van der Waals surface area contributed by atoms with Crippen molar-refractivity contribution in [2.75, 3.05) is 6.61 Å². The van der Waals surface area contributed by atoms with Crippen LogP contribution in [-0.2, 0) is 17.8 Å². The zero-order chi connectivity index (χ0) is 17.0. The monoisotopic (exact) mass is 326 g/mol. The standard InChI is InChI=1S/C19H22N2O3/c1-19(2)11-15-9-6-10-16(18(15)24-19)23-13-17(22)21-20-12-14-7-4-3-5-8-14/h3-10,20H,11-13H2,1-2H3,(H,21,22). The third kappa shape index (κ3) is 4.06. The minimum atomic E-state index is -0.235. The number of rotatable bonds is 6. The van der Waals surface area contributed by atoms with Gasteiger partial charge in [0.15, 0.2) is 18.1 Å². The number of ether oxygens (including phenoxy) is 2. The Bertz CT molecular complexity index is 714. The maximum Gasteiger partial charge on any atom is 0.271 e. The molecule has 1 aliphatic heterocycles. The van der Waals surface area contributed by atoms with Crippen LogP contribution >= 0.6 is 0 Å². The van der Waals surface area contributed by atoms with E-state index in [-0.39, 0.29) is 18.1 Å². The van der Waals surface area contributed by atoms with Gasteiger partial charge in [-0.3, -0.25) is 10.2 Å². The fourth-order valence-corrected chi connectivity index (χ4v) is 2.72.